The molecule has 1 heterocycles. The van der Waals surface area contributed by atoms with E-state index in [1.165, 1.54) is 6.20 Å². The van der Waals surface area contributed by atoms with Gasteiger partial charge in [-0.15, -0.1) is 0 Å². The van der Waals surface area contributed by atoms with Gasteiger partial charge in [0, 0.05) is 23.2 Å². The molecule has 4 nitrogen and oxygen atoms in total. The average molecular weight is 369 g/mol. The first-order chi connectivity index (χ1) is 12.3. The molecule has 0 bridgehead atoms. The Morgan fingerprint density at radius 1 is 1.15 bits per heavy atom. The quantitative estimate of drug-likeness (QED) is 0.696. The molecule has 0 spiro atoms. The number of amides is 1. The molecule has 3 aromatic rings. The van der Waals surface area contributed by atoms with Crippen molar-refractivity contribution >= 4 is 28.4 Å². The molecule has 0 atom stereocenters. The molecule has 0 aliphatic heterocycles. The number of pyridine rings is 1. The number of hydrogen-bond donors (Lipinski definition) is 2. The third kappa shape index (κ3) is 3.81. The fourth-order valence-electron chi connectivity index (χ4n) is 2.69. The number of aromatic hydroxyl groups is 1. The van der Waals surface area contributed by atoms with E-state index in [0.717, 1.165) is 11.1 Å². The van der Waals surface area contributed by atoms with Gasteiger partial charge >= 0.3 is 0 Å². The number of benzene rings is 2. The van der Waals surface area contributed by atoms with Crippen LogP contribution < -0.4 is 5.32 Å². The van der Waals surface area contributed by atoms with E-state index in [9.17, 15) is 9.90 Å². The van der Waals surface area contributed by atoms with Crippen molar-refractivity contribution in [3.8, 4) is 5.75 Å². The lowest BCUT2D eigenvalue weighted by Gasteiger charge is -2.19. The zero-order chi connectivity index (χ0) is 18.9. The van der Waals surface area contributed by atoms with E-state index in [1.807, 2.05) is 30.3 Å². The van der Waals surface area contributed by atoms with Crippen LogP contribution in [0.4, 0.5) is 0 Å². The van der Waals surface area contributed by atoms with Crippen molar-refractivity contribution in [2.45, 2.75) is 32.7 Å². The van der Waals surface area contributed by atoms with Crippen LogP contribution in [0.25, 0.3) is 10.9 Å². The normalized spacial score (nSPS) is 11.5. The minimum atomic E-state index is -0.368. The lowest BCUT2D eigenvalue weighted by Crippen LogP contribution is -2.23. The third-order valence-corrected chi connectivity index (χ3v) is 4.57. The fourth-order valence-corrected chi connectivity index (χ4v) is 2.82. The monoisotopic (exact) mass is 368 g/mol. The molecule has 2 N–H and O–H groups in total. The first-order valence-electron chi connectivity index (χ1n) is 8.40. The molecule has 0 aliphatic carbocycles. The summed E-state index contributed by atoms with van der Waals surface area (Å²) in [5.41, 5.74) is 2.75. The van der Waals surface area contributed by atoms with Gasteiger partial charge in [0.05, 0.1) is 5.52 Å². The molecular weight excluding hydrogens is 348 g/mol. The number of nitrogens with one attached hydrogen (secondary N) is 1. The van der Waals surface area contributed by atoms with Gasteiger partial charge in [-0.1, -0.05) is 50.6 Å². The van der Waals surface area contributed by atoms with E-state index in [1.54, 1.807) is 12.1 Å². The van der Waals surface area contributed by atoms with Crippen molar-refractivity contribution < 1.29 is 9.90 Å². The highest BCUT2D eigenvalue weighted by atomic mass is 35.5. The number of rotatable bonds is 3. The molecule has 0 fully saturated rings. The number of fused-ring (bicyclic) bond motifs is 1. The zero-order valence-electron chi connectivity index (χ0n) is 15.0. The molecule has 0 radical (unpaired) electrons. The molecule has 134 valence electrons. The average Bonchev–Trinajstić information content (AvgIpc) is 2.60. The Balaban J connectivity index is 1.88. The van der Waals surface area contributed by atoms with Crippen molar-refractivity contribution in [2.75, 3.05) is 0 Å². The van der Waals surface area contributed by atoms with E-state index >= 15 is 0 Å². The van der Waals surface area contributed by atoms with E-state index in [2.05, 4.69) is 31.1 Å². The van der Waals surface area contributed by atoms with Gasteiger partial charge in [0.1, 0.15) is 11.3 Å². The van der Waals surface area contributed by atoms with Crippen molar-refractivity contribution in [1.82, 2.24) is 10.3 Å². The van der Waals surface area contributed by atoms with Crippen molar-refractivity contribution in [2.24, 2.45) is 0 Å². The van der Waals surface area contributed by atoms with Crippen LogP contribution in [0.1, 0.15) is 42.3 Å². The van der Waals surface area contributed by atoms with E-state index < -0.39 is 0 Å². The van der Waals surface area contributed by atoms with Crippen LogP contribution in [0.2, 0.25) is 5.02 Å². The number of carbonyl (C=O) groups excluding carboxylic acids is 1. The highest BCUT2D eigenvalue weighted by Gasteiger charge is 2.18. The molecule has 0 saturated heterocycles. The number of nitrogens with zero attached hydrogens (tertiary/aromatic N) is 1. The Morgan fingerprint density at radius 3 is 2.50 bits per heavy atom. The first-order valence-corrected chi connectivity index (χ1v) is 8.78. The zero-order valence-corrected chi connectivity index (χ0v) is 15.8. The Kier molecular flexibility index (Phi) is 4.88. The van der Waals surface area contributed by atoms with Crippen LogP contribution in [-0.4, -0.2) is 16.0 Å². The van der Waals surface area contributed by atoms with Crippen molar-refractivity contribution in [3.63, 3.8) is 0 Å². The second kappa shape index (κ2) is 6.96. The summed E-state index contributed by atoms with van der Waals surface area (Å²) in [7, 11) is 0. The second-order valence-corrected chi connectivity index (χ2v) is 7.75. The fraction of sp³-hybridized carbons (Fsp3) is 0.238. The van der Waals surface area contributed by atoms with Gasteiger partial charge in [-0.25, -0.2) is 0 Å². The molecule has 1 amide bonds. The van der Waals surface area contributed by atoms with Gasteiger partial charge in [0.15, 0.2) is 0 Å². The van der Waals surface area contributed by atoms with Crippen LogP contribution in [0.3, 0.4) is 0 Å². The molecule has 26 heavy (non-hydrogen) atoms. The molecule has 3 rings (SSSR count). The SMILES string of the molecule is CC(C)(C)c1ccc2ncc(C(=O)NCc3ccc(Cl)cc3)c(O)c2c1. The summed E-state index contributed by atoms with van der Waals surface area (Å²) in [4.78, 5) is 16.8. The van der Waals surface area contributed by atoms with Gasteiger partial charge in [0.2, 0.25) is 0 Å². The second-order valence-electron chi connectivity index (χ2n) is 7.31. The van der Waals surface area contributed by atoms with Gasteiger partial charge in [-0.05, 0) is 40.8 Å². The van der Waals surface area contributed by atoms with Crippen molar-refractivity contribution in [3.05, 3.63) is 70.4 Å². The summed E-state index contributed by atoms with van der Waals surface area (Å²) in [6, 6.07) is 13.0. The summed E-state index contributed by atoms with van der Waals surface area (Å²) in [6.45, 7) is 6.64. The highest BCUT2D eigenvalue weighted by molar-refractivity contribution is 6.30. The number of hydrogen-bond acceptors (Lipinski definition) is 3. The van der Waals surface area contributed by atoms with Crippen LogP contribution in [-0.2, 0) is 12.0 Å². The molecule has 1 aromatic heterocycles. The Labute approximate surface area is 157 Å². The number of halogens is 1. The molecule has 0 saturated carbocycles. The number of aromatic nitrogens is 1. The predicted molar refractivity (Wildman–Crippen MR) is 105 cm³/mol. The Bertz CT molecular complexity index is 960. The summed E-state index contributed by atoms with van der Waals surface area (Å²) >= 11 is 5.86. The summed E-state index contributed by atoms with van der Waals surface area (Å²) in [5, 5.41) is 14.7. The summed E-state index contributed by atoms with van der Waals surface area (Å²) < 4.78 is 0. The largest absolute Gasteiger partial charge is 0.506 e. The summed E-state index contributed by atoms with van der Waals surface area (Å²) in [6.07, 6.45) is 1.41. The van der Waals surface area contributed by atoms with Crippen LogP contribution in [0.15, 0.2) is 48.7 Å². The Morgan fingerprint density at radius 2 is 1.85 bits per heavy atom. The third-order valence-electron chi connectivity index (χ3n) is 4.32. The topological polar surface area (TPSA) is 62.2 Å². The van der Waals surface area contributed by atoms with E-state index in [-0.39, 0.29) is 22.6 Å². The maximum atomic E-state index is 12.5. The van der Waals surface area contributed by atoms with Gasteiger partial charge in [-0.3, -0.25) is 9.78 Å². The smallest absolute Gasteiger partial charge is 0.256 e. The van der Waals surface area contributed by atoms with Crippen LogP contribution >= 0.6 is 11.6 Å². The highest BCUT2D eigenvalue weighted by Crippen LogP contribution is 2.31. The number of carbonyl (C=O) groups is 1. The van der Waals surface area contributed by atoms with Gasteiger partial charge in [0.25, 0.3) is 5.91 Å². The molecular formula is C21H21ClN2O2. The molecule has 5 heteroatoms. The van der Waals surface area contributed by atoms with Crippen LogP contribution in [0.5, 0.6) is 5.75 Å². The molecule has 0 aliphatic rings. The standard InChI is InChI=1S/C21H21ClN2O2/c1-21(2,3)14-6-9-18-16(10-14)19(25)17(12-23-18)20(26)24-11-13-4-7-15(22)8-5-13/h4-10,12H,11H2,1-3H3,(H,23,25)(H,24,26). The minimum absolute atomic E-state index is 0.0466. The van der Waals surface area contributed by atoms with Gasteiger partial charge in [-0.2, -0.15) is 0 Å². The molecule has 0 unspecified atom stereocenters. The summed E-state index contributed by atoms with van der Waals surface area (Å²) in [5.74, 6) is -0.414. The van der Waals surface area contributed by atoms with Crippen molar-refractivity contribution in [1.29, 1.82) is 0 Å². The first kappa shape index (κ1) is 18.2. The van der Waals surface area contributed by atoms with E-state index in [0.29, 0.717) is 22.5 Å². The Hall–Kier alpha value is -2.59. The maximum Gasteiger partial charge on any atom is 0.256 e. The molecule has 2 aromatic carbocycles. The minimum Gasteiger partial charge on any atom is -0.506 e. The lowest BCUT2D eigenvalue weighted by atomic mass is 9.86. The lowest BCUT2D eigenvalue weighted by molar-refractivity contribution is 0.0948. The van der Waals surface area contributed by atoms with Crippen LogP contribution in [0, 0.1) is 0 Å². The predicted octanol–water partition coefficient (Wildman–Crippen LogP) is 4.82. The van der Waals surface area contributed by atoms with E-state index in [4.69, 9.17) is 11.6 Å². The van der Waals surface area contributed by atoms with Gasteiger partial charge < -0.3 is 10.4 Å². The maximum absolute atomic E-state index is 12.5.